The van der Waals surface area contributed by atoms with Gasteiger partial charge in [-0.1, -0.05) is 26.0 Å². The molecule has 0 bridgehead atoms. The first-order valence-electron chi connectivity index (χ1n) is 8.94. The second kappa shape index (κ2) is 8.45. The van der Waals surface area contributed by atoms with Crippen molar-refractivity contribution in [1.29, 1.82) is 0 Å². The molecule has 1 heterocycles. The molecule has 6 nitrogen and oxygen atoms in total. The fourth-order valence-electron chi connectivity index (χ4n) is 3.20. The molecule has 0 aromatic heterocycles. The zero-order chi connectivity index (χ0) is 19.5. The first kappa shape index (κ1) is 20.8. The highest BCUT2D eigenvalue weighted by atomic mass is 32.2. The van der Waals surface area contributed by atoms with E-state index in [2.05, 4.69) is 4.72 Å². The highest BCUT2D eigenvalue weighted by Gasteiger charge is 2.35. The minimum atomic E-state index is -4.15. The van der Waals surface area contributed by atoms with Crippen molar-refractivity contribution in [2.75, 3.05) is 13.1 Å². The SMILES string of the molecule is CC(C)C(NS(=O)(=O)c1ccccc1F)C(=O)N1CCCC(C(C)N)C1. The summed E-state index contributed by atoms with van der Waals surface area (Å²) < 4.78 is 41.5. The molecule has 146 valence electrons. The van der Waals surface area contributed by atoms with Crippen LogP contribution < -0.4 is 10.5 Å². The summed E-state index contributed by atoms with van der Waals surface area (Å²) in [7, 11) is -4.15. The number of halogens is 1. The first-order valence-corrected chi connectivity index (χ1v) is 10.4. The van der Waals surface area contributed by atoms with Crippen LogP contribution in [0.25, 0.3) is 0 Å². The number of nitrogens with zero attached hydrogens (tertiary/aromatic N) is 1. The highest BCUT2D eigenvalue weighted by Crippen LogP contribution is 2.22. The number of hydrogen-bond acceptors (Lipinski definition) is 4. The van der Waals surface area contributed by atoms with E-state index in [0.29, 0.717) is 13.1 Å². The van der Waals surface area contributed by atoms with Gasteiger partial charge in [-0.05, 0) is 43.7 Å². The van der Waals surface area contributed by atoms with Gasteiger partial charge in [-0.3, -0.25) is 4.79 Å². The number of nitrogens with one attached hydrogen (secondary N) is 1. The van der Waals surface area contributed by atoms with Gasteiger partial charge in [0.2, 0.25) is 15.9 Å². The Morgan fingerprint density at radius 1 is 1.31 bits per heavy atom. The van der Waals surface area contributed by atoms with Crippen LogP contribution in [0.2, 0.25) is 0 Å². The number of carbonyl (C=O) groups is 1. The highest BCUT2D eigenvalue weighted by molar-refractivity contribution is 7.89. The number of sulfonamides is 1. The average molecular weight is 386 g/mol. The summed E-state index contributed by atoms with van der Waals surface area (Å²) in [6.45, 7) is 6.53. The van der Waals surface area contributed by atoms with Gasteiger partial charge in [-0.15, -0.1) is 0 Å². The lowest BCUT2D eigenvalue weighted by Crippen LogP contribution is -2.54. The zero-order valence-electron chi connectivity index (χ0n) is 15.5. The molecule has 1 aromatic rings. The standard InChI is InChI=1S/C18H28FN3O3S/c1-12(2)17(18(23)22-10-6-7-14(11-22)13(3)20)21-26(24,25)16-9-5-4-8-15(16)19/h4-5,8-9,12-14,17,21H,6-7,10-11,20H2,1-3H3. The van der Waals surface area contributed by atoms with E-state index in [4.69, 9.17) is 5.73 Å². The molecule has 3 unspecified atom stereocenters. The molecule has 1 aliphatic heterocycles. The molecule has 0 aliphatic carbocycles. The van der Waals surface area contributed by atoms with Crippen LogP contribution in [-0.2, 0) is 14.8 Å². The number of benzene rings is 1. The number of amides is 1. The molecule has 3 atom stereocenters. The Bertz CT molecular complexity index is 737. The Hall–Kier alpha value is -1.51. The molecular weight excluding hydrogens is 357 g/mol. The van der Waals surface area contributed by atoms with Gasteiger partial charge in [-0.25, -0.2) is 12.8 Å². The molecule has 2 rings (SSSR count). The lowest BCUT2D eigenvalue weighted by molar-refractivity contribution is -0.136. The van der Waals surface area contributed by atoms with Crippen LogP contribution in [0.3, 0.4) is 0 Å². The largest absolute Gasteiger partial charge is 0.341 e. The van der Waals surface area contributed by atoms with Crippen molar-refractivity contribution < 1.29 is 17.6 Å². The van der Waals surface area contributed by atoms with Gasteiger partial charge in [0, 0.05) is 19.1 Å². The minimum absolute atomic E-state index is 0.0294. The Kier molecular flexibility index (Phi) is 6.76. The summed E-state index contributed by atoms with van der Waals surface area (Å²) in [5.74, 6) is -1.21. The van der Waals surface area contributed by atoms with Crippen LogP contribution in [0.1, 0.15) is 33.6 Å². The van der Waals surface area contributed by atoms with Crippen molar-refractivity contribution in [3.05, 3.63) is 30.1 Å². The molecule has 0 radical (unpaired) electrons. The summed E-state index contributed by atoms with van der Waals surface area (Å²) >= 11 is 0. The van der Waals surface area contributed by atoms with Crippen molar-refractivity contribution in [1.82, 2.24) is 9.62 Å². The summed E-state index contributed by atoms with van der Waals surface area (Å²) in [6, 6.07) is 4.15. The predicted molar refractivity (Wildman–Crippen MR) is 98.3 cm³/mol. The number of hydrogen-bond donors (Lipinski definition) is 2. The van der Waals surface area contributed by atoms with E-state index in [0.717, 1.165) is 18.9 Å². The second-order valence-corrected chi connectivity index (χ2v) is 9.00. The van der Waals surface area contributed by atoms with Gasteiger partial charge in [0.15, 0.2) is 0 Å². The minimum Gasteiger partial charge on any atom is -0.341 e. The number of nitrogens with two attached hydrogens (primary N) is 1. The summed E-state index contributed by atoms with van der Waals surface area (Å²) in [4.78, 5) is 14.2. The van der Waals surface area contributed by atoms with E-state index in [9.17, 15) is 17.6 Å². The van der Waals surface area contributed by atoms with Crippen molar-refractivity contribution in [3.63, 3.8) is 0 Å². The molecule has 1 amide bonds. The third-order valence-corrected chi connectivity index (χ3v) is 6.33. The molecule has 1 fully saturated rings. The summed E-state index contributed by atoms with van der Waals surface area (Å²) in [5, 5.41) is 0. The Morgan fingerprint density at radius 3 is 2.54 bits per heavy atom. The van der Waals surface area contributed by atoms with Gasteiger partial charge in [0.05, 0.1) is 0 Å². The van der Waals surface area contributed by atoms with Gasteiger partial charge < -0.3 is 10.6 Å². The molecule has 1 aromatic carbocycles. The van der Waals surface area contributed by atoms with Gasteiger partial charge in [0.1, 0.15) is 16.8 Å². The molecule has 0 spiro atoms. The number of rotatable bonds is 6. The smallest absolute Gasteiger partial charge is 0.244 e. The van der Waals surface area contributed by atoms with Crippen LogP contribution in [0.4, 0.5) is 4.39 Å². The lowest BCUT2D eigenvalue weighted by atomic mass is 9.91. The van der Waals surface area contributed by atoms with Crippen LogP contribution in [0.15, 0.2) is 29.2 Å². The van der Waals surface area contributed by atoms with Crippen LogP contribution in [0.5, 0.6) is 0 Å². The van der Waals surface area contributed by atoms with Crippen LogP contribution in [0, 0.1) is 17.7 Å². The maximum absolute atomic E-state index is 13.9. The fraction of sp³-hybridized carbons (Fsp3) is 0.611. The molecule has 1 aliphatic rings. The van der Waals surface area contributed by atoms with E-state index < -0.39 is 26.8 Å². The third kappa shape index (κ3) is 4.81. The van der Waals surface area contributed by atoms with Gasteiger partial charge in [0.25, 0.3) is 0 Å². The Balaban J connectivity index is 2.21. The maximum atomic E-state index is 13.9. The summed E-state index contributed by atoms with van der Waals surface area (Å²) in [6.07, 6.45) is 1.79. The number of likely N-dealkylation sites (tertiary alicyclic amines) is 1. The summed E-state index contributed by atoms with van der Waals surface area (Å²) in [5.41, 5.74) is 5.97. The topological polar surface area (TPSA) is 92.5 Å². The predicted octanol–water partition coefficient (Wildman–Crippen LogP) is 1.71. The Morgan fingerprint density at radius 2 is 1.96 bits per heavy atom. The van der Waals surface area contributed by atoms with E-state index in [-0.39, 0.29) is 23.8 Å². The van der Waals surface area contributed by atoms with Crippen LogP contribution in [-0.4, -0.2) is 44.4 Å². The number of carbonyl (C=O) groups excluding carboxylic acids is 1. The molecule has 1 saturated heterocycles. The second-order valence-electron chi connectivity index (χ2n) is 7.32. The molecule has 3 N–H and O–H groups in total. The van der Waals surface area contributed by atoms with E-state index in [1.807, 2.05) is 6.92 Å². The van der Waals surface area contributed by atoms with E-state index in [1.54, 1.807) is 18.7 Å². The molecule has 8 heteroatoms. The number of piperidine rings is 1. The van der Waals surface area contributed by atoms with Crippen molar-refractivity contribution in [3.8, 4) is 0 Å². The maximum Gasteiger partial charge on any atom is 0.244 e. The molecular formula is C18H28FN3O3S. The fourth-order valence-corrected chi connectivity index (χ4v) is 4.62. The lowest BCUT2D eigenvalue weighted by Gasteiger charge is -2.37. The third-order valence-electron chi connectivity index (χ3n) is 4.85. The molecule has 26 heavy (non-hydrogen) atoms. The van der Waals surface area contributed by atoms with Crippen molar-refractivity contribution >= 4 is 15.9 Å². The average Bonchev–Trinajstić information content (AvgIpc) is 2.59. The first-order chi connectivity index (χ1) is 12.1. The van der Waals surface area contributed by atoms with Crippen LogP contribution >= 0.6 is 0 Å². The monoisotopic (exact) mass is 385 g/mol. The van der Waals surface area contributed by atoms with Gasteiger partial charge >= 0.3 is 0 Å². The van der Waals surface area contributed by atoms with E-state index in [1.165, 1.54) is 18.2 Å². The van der Waals surface area contributed by atoms with Gasteiger partial charge in [-0.2, -0.15) is 4.72 Å². The zero-order valence-corrected chi connectivity index (χ0v) is 16.3. The Labute approximate surface area is 155 Å². The van der Waals surface area contributed by atoms with E-state index >= 15 is 0 Å². The quantitative estimate of drug-likeness (QED) is 0.780. The van der Waals surface area contributed by atoms with Crippen molar-refractivity contribution in [2.45, 2.75) is 50.6 Å². The molecule has 0 saturated carbocycles. The normalized spacial score (nSPS) is 20.8. The van der Waals surface area contributed by atoms with Crippen molar-refractivity contribution in [2.24, 2.45) is 17.6 Å².